The maximum atomic E-state index is 13.0. The zero-order chi connectivity index (χ0) is 16.4. The summed E-state index contributed by atoms with van der Waals surface area (Å²) in [7, 11) is 0. The van der Waals surface area contributed by atoms with Crippen LogP contribution in [-0.4, -0.2) is 63.3 Å². The lowest BCUT2D eigenvalue weighted by molar-refractivity contribution is 0.0580. The summed E-state index contributed by atoms with van der Waals surface area (Å²) in [5, 5.41) is 10.9. The van der Waals surface area contributed by atoms with Crippen molar-refractivity contribution in [1.29, 1.82) is 0 Å². The van der Waals surface area contributed by atoms with Gasteiger partial charge in [-0.05, 0) is 50.9 Å². The van der Waals surface area contributed by atoms with Crippen LogP contribution >= 0.6 is 0 Å². The number of fused-ring (bicyclic) bond motifs is 1. The Balaban J connectivity index is 1.51. The second-order valence-electron chi connectivity index (χ2n) is 6.99. The Kier molecular flexibility index (Phi) is 4.47. The van der Waals surface area contributed by atoms with Crippen molar-refractivity contribution in [3.63, 3.8) is 0 Å². The number of rotatable bonds is 2. The average Bonchev–Trinajstić information content (AvgIpc) is 2.94. The first kappa shape index (κ1) is 15.6. The molecule has 128 valence electrons. The average molecular weight is 327 g/mol. The van der Waals surface area contributed by atoms with Gasteiger partial charge in [-0.25, -0.2) is 0 Å². The van der Waals surface area contributed by atoms with E-state index in [1.165, 1.54) is 45.2 Å². The van der Waals surface area contributed by atoms with Gasteiger partial charge in [-0.3, -0.25) is 9.69 Å². The molecule has 24 heavy (non-hydrogen) atoms. The van der Waals surface area contributed by atoms with Gasteiger partial charge in [0.1, 0.15) is 11.0 Å². The fraction of sp³-hybridized carbons (Fsp3) is 0.611. The minimum atomic E-state index is 0.0917. The Bertz CT molecular complexity index is 704. The molecule has 4 rings (SSSR count). The minimum Gasteiger partial charge on any atom is -0.337 e. The summed E-state index contributed by atoms with van der Waals surface area (Å²) in [5.74, 6) is 0.0917. The van der Waals surface area contributed by atoms with E-state index in [9.17, 15) is 4.79 Å². The van der Waals surface area contributed by atoms with E-state index < -0.39 is 0 Å². The number of aromatic nitrogens is 3. The Morgan fingerprint density at radius 2 is 1.88 bits per heavy atom. The molecule has 1 unspecified atom stereocenters. The summed E-state index contributed by atoms with van der Waals surface area (Å²) in [6.45, 7) is 4.06. The lowest BCUT2D eigenvalue weighted by atomic mass is 10.0. The maximum Gasteiger partial charge on any atom is 0.256 e. The number of nitrogens with zero attached hydrogens (tertiary/aromatic N) is 4. The van der Waals surface area contributed by atoms with Crippen molar-refractivity contribution in [1.82, 2.24) is 25.2 Å². The number of amides is 1. The fourth-order valence-corrected chi connectivity index (χ4v) is 4.11. The molecule has 2 aromatic rings. The van der Waals surface area contributed by atoms with E-state index in [0.717, 1.165) is 25.0 Å². The van der Waals surface area contributed by atoms with Crippen LogP contribution in [0, 0.1) is 0 Å². The minimum absolute atomic E-state index is 0.0917. The molecular weight excluding hydrogens is 302 g/mol. The number of aromatic amines is 1. The molecule has 3 heterocycles. The lowest BCUT2D eigenvalue weighted by Crippen LogP contribution is -2.50. The van der Waals surface area contributed by atoms with Gasteiger partial charge in [-0.2, -0.15) is 15.4 Å². The second-order valence-corrected chi connectivity index (χ2v) is 6.99. The summed E-state index contributed by atoms with van der Waals surface area (Å²) in [5.41, 5.74) is 2.10. The van der Waals surface area contributed by atoms with Crippen molar-refractivity contribution >= 4 is 16.9 Å². The number of para-hydroxylation sites is 1. The predicted octanol–water partition coefficient (Wildman–Crippen LogP) is 2.44. The molecule has 6 heteroatoms. The number of benzene rings is 1. The SMILES string of the molecule is O=C(c1cccc2n[nH]nc12)N1CCCC(N2CCCCCC2)C1. The molecule has 0 bridgehead atoms. The predicted molar refractivity (Wildman–Crippen MR) is 92.9 cm³/mol. The molecule has 2 fully saturated rings. The van der Waals surface area contributed by atoms with E-state index in [-0.39, 0.29) is 5.91 Å². The molecule has 1 N–H and O–H groups in total. The van der Waals surface area contributed by atoms with Crippen LogP contribution in [-0.2, 0) is 0 Å². The molecule has 1 aromatic carbocycles. The van der Waals surface area contributed by atoms with Crippen molar-refractivity contribution in [2.45, 2.75) is 44.6 Å². The van der Waals surface area contributed by atoms with E-state index in [1.807, 2.05) is 23.1 Å². The first-order valence-electron chi connectivity index (χ1n) is 9.16. The quantitative estimate of drug-likeness (QED) is 0.920. The fourth-order valence-electron chi connectivity index (χ4n) is 4.11. The second kappa shape index (κ2) is 6.89. The van der Waals surface area contributed by atoms with Gasteiger partial charge in [0.05, 0.1) is 5.56 Å². The molecule has 1 aromatic heterocycles. The van der Waals surface area contributed by atoms with Gasteiger partial charge in [0.2, 0.25) is 0 Å². The molecule has 1 amide bonds. The van der Waals surface area contributed by atoms with Gasteiger partial charge in [0.15, 0.2) is 0 Å². The summed E-state index contributed by atoms with van der Waals surface area (Å²) >= 11 is 0. The van der Waals surface area contributed by atoms with Gasteiger partial charge < -0.3 is 4.90 Å². The highest BCUT2D eigenvalue weighted by molar-refractivity contribution is 6.04. The van der Waals surface area contributed by atoms with Crippen molar-refractivity contribution in [3.05, 3.63) is 23.8 Å². The van der Waals surface area contributed by atoms with Gasteiger partial charge in [-0.15, -0.1) is 0 Å². The van der Waals surface area contributed by atoms with Crippen molar-refractivity contribution in [3.8, 4) is 0 Å². The van der Waals surface area contributed by atoms with Crippen molar-refractivity contribution < 1.29 is 4.79 Å². The number of likely N-dealkylation sites (tertiary alicyclic amines) is 2. The molecular formula is C18H25N5O. The van der Waals surface area contributed by atoms with Crippen LogP contribution in [0.1, 0.15) is 48.9 Å². The Labute approximate surface area is 142 Å². The molecule has 2 aliphatic rings. The number of carbonyl (C=O) groups excluding carboxylic acids is 1. The zero-order valence-corrected chi connectivity index (χ0v) is 14.1. The third-order valence-electron chi connectivity index (χ3n) is 5.42. The number of carbonyl (C=O) groups is 1. The van der Waals surface area contributed by atoms with Crippen molar-refractivity contribution in [2.75, 3.05) is 26.2 Å². The maximum absolute atomic E-state index is 13.0. The number of nitrogens with one attached hydrogen (secondary N) is 1. The van der Waals surface area contributed by atoms with Crippen LogP contribution in [0.15, 0.2) is 18.2 Å². The van der Waals surface area contributed by atoms with Crippen LogP contribution in [0.25, 0.3) is 11.0 Å². The van der Waals surface area contributed by atoms with E-state index in [4.69, 9.17) is 0 Å². The third kappa shape index (κ3) is 3.02. The first-order chi connectivity index (χ1) is 11.8. The Morgan fingerprint density at radius 3 is 2.71 bits per heavy atom. The molecule has 0 saturated carbocycles. The first-order valence-corrected chi connectivity index (χ1v) is 9.16. The third-order valence-corrected chi connectivity index (χ3v) is 5.42. The number of hydrogen-bond acceptors (Lipinski definition) is 4. The van der Waals surface area contributed by atoms with Gasteiger partial charge in [-0.1, -0.05) is 18.9 Å². The normalized spacial score (nSPS) is 23.3. The Hall–Kier alpha value is -1.95. The molecule has 2 aliphatic heterocycles. The van der Waals surface area contributed by atoms with E-state index in [2.05, 4.69) is 20.3 Å². The topological polar surface area (TPSA) is 65.1 Å². The Morgan fingerprint density at radius 1 is 1.04 bits per heavy atom. The molecule has 0 spiro atoms. The molecule has 6 nitrogen and oxygen atoms in total. The molecule has 0 aliphatic carbocycles. The van der Waals surface area contributed by atoms with Gasteiger partial charge >= 0.3 is 0 Å². The molecule has 1 atom stereocenters. The summed E-state index contributed by atoms with van der Waals surface area (Å²) < 4.78 is 0. The van der Waals surface area contributed by atoms with Gasteiger partial charge in [0.25, 0.3) is 5.91 Å². The largest absolute Gasteiger partial charge is 0.337 e. The van der Waals surface area contributed by atoms with Crippen LogP contribution in [0.3, 0.4) is 0 Å². The molecule has 0 radical (unpaired) electrons. The van der Waals surface area contributed by atoms with Gasteiger partial charge in [0, 0.05) is 19.1 Å². The lowest BCUT2D eigenvalue weighted by Gasteiger charge is -2.39. The smallest absolute Gasteiger partial charge is 0.256 e. The standard InChI is InChI=1S/C18H25N5O/c24-18(15-8-5-9-16-17(15)20-21-19-16)23-12-6-7-14(13-23)22-10-3-1-2-4-11-22/h5,8-9,14H,1-4,6-7,10-13H2,(H,19,20,21). The highest BCUT2D eigenvalue weighted by Gasteiger charge is 2.29. The summed E-state index contributed by atoms with van der Waals surface area (Å²) in [6.07, 6.45) is 7.57. The van der Waals surface area contributed by atoms with E-state index in [1.54, 1.807) is 0 Å². The monoisotopic (exact) mass is 327 g/mol. The number of hydrogen-bond donors (Lipinski definition) is 1. The van der Waals surface area contributed by atoms with E-state index >= 15 is 0 Å². The number of H-pyrrole nitrogens is 1. The highest BCUT2D eigenvalue weighted by Crippen LogP contribution is 2.23. The van der Waals surface area contributed by atoms with Crippen molar-refractivity contribution in [2.24, 2.45) is 0 Å². The summed E-state index contributed by atoms with van der Waals surface area (Å²) in [6, 6.07) is 6.14. The van der Waals surface area contributed by atoms with Crippen LogP contribution in [0.5, 0.6) is 0 Å². The van der Waals surface area contributed by atoms with Crippen LogP contribution < -0.4 is 0 Å². The number of piperidine rings is 1. The summed E-state index contributed by atoms with van der Waals surface area (Å²) in [4.78, 5) is 17.7. The van der Waals surface area contributed by atoms with Crippen LogP contribution in [0.4, 0.5) is 0 Å². The highest BCUT2D eigenvalue weighted by atomic mass is 16.2. The molecule has 2 saturated heterocycles. The zero-order valence-electron chi connectivity index (χ0n) is 14.1. The van der Waals surface area contributed by atoms with E-state index in [0.29, 0.717) is 17.1 Å². The van der Waals surface area contributed by atoms with Crippen LogP contribution in [0.2, 0.25) is 0 Å².